The van der Waals surface area contributed by atoms with E-state index in [0.29, 0.717) is 18.6 Å². The molecule has 8 heteroatoms. The number of hydroxylamine groups is 1. The van der Waals surface area contributed by atoms with Gasteiger partial charge >= 0.3 is 17.9 Å². The largest absolute Gasteiger partial charge is 0.480 e. The van der Waals surface area contributed by atoms with Crippen molar-refractivity contribution in [2.45, 2.75) is 309 Å². The van der Waals surface area contributed by atoms with Gasteiger partial charge in [0.2, 0.25) is 0 Å². The lowest BCUT2D eigenvalue weighted by atomic mass is 10.0. The summed E-state index contributed by atoms with van der Waals surface area (Å²) in [5.74, 6) is -0.816. The van der Waals surface area contributed by atoms with E-state index < -0.39 is 18.0 Å². The summed E-state index contributed by atoms with van der Waals surface area (Å²) in [7, 11) is 0. The highest BCUT2D eigenvalue weighted by molar-refractivity contribution is 7.99. The van der Waals surface area contributed by atoms with Crippen LogP contribution in [0.2, 0.25) is 0 Å². The molecule has 0 bridgehead atoms. The van der Waals surface area contributed by atoms with Crippen molar-refractivity contribution in [3.63, 3.8) is 0 Å². The molecule has 0 aliphatic rings. The lowest BCUT2D eigenvalue weighted by Gasteiger charge is -2.19. The molecule has 0 saturated heterocycles. The van der Waals surface area contributed by atoms with Gasteiger partial charge in [-0.15, -0.1) is 5.48 Å². The maximum Gasteiger partial charge on any atom is 0.324 e. The Hall–Kier alpha value is -1.28. The number of carboxylic acids is 1. The first-order valence-electron chi connectivity index (χ1n) is 26.9. The zero-order chi connectivity index (χ0) is 44.5. The van der Waals surface area contributed by atoms with E-state index in [4.69, 9.17) is 9.57 Å². The van der Waals surface area contributed by atoms with Gasteiger partial charge in [-0.1, -0.05) is 258 Å². The summed E-state index contributed by atoms with van der Waals surface area (Å²) in [4.78, 5) is 42.5. The number of ether oxygens (including phenoxy) is 1. The second-order valence-corrected chi connectivity index (χ2v) is 19.6. The Morgan fingerprint density at radius 1 is 0.410 bits per heavy atom. The molecular weight excluding hydrogens is 779 g/mol. The fraction of sp³-hybridized carbons (Fsp3) is 0.943. The molecular formula is C53H103NO6S. The molecule has 1 unspecified atom stereocenters. The molecule has 0 aliphatic carbocycles. The summed E-state index contributed by atoms with van der Waals surface area (Å²) in [6.07, 6.45) is 52.2. The number of esters is 1. The summed E-state index contributed by atoms with van der Waals surface area (Å²) >= 11 is 1.45. The van der Waals surface area contributed by atoms with Gasteiger partial charge in [-0.3, -0.25) is 14.4 Å². The minimum atomic E-state index is -1.05. The summed E-state index contributed by atoms with van der Waals surface area (Å²) in [6.45, 7) is 6.80. The van der Waals surface area contributed by atoms with Crippen LogP contribution in [-0.4, -0.2) is 46.7 Å². The topological polar surface area (TPSA) is 102 Å². The van der Waals surface area contributed by atoms with E-state index in [2.05, 4.69) is 26.3 Å². The first-order valence-corrected chi connectivity index (χ1v) is 28.0. The first kappa shape index (κ1) is 59.7. The van der Waals surface area contributed by atoms with Crippen LogP contribution in [0.1, 0.15) is 297 Å². The molecule has 61 heavy (non-hydrogen) atoms. The normalized spacial score (nSPS) is 12.4. The maximum absolute atomic E-state index is 12.9. The van der Waals surface area contributed by atoms with Gasteiger partial charge in [0.25, 0.3) is 0 Å². The standard InChI is InChI=1S/C53H103NO6S/c1-4-7-10-13-16-19-22-25-28-29-32-35-38-41-44-49(59-51(55)45-42-39-36-33-30-26-23-20-17-14-11-8-5-2)47-61-48-50(53(57)58)54-60-52(56)46-43-40-37-34-31-27-24-21-18-15-12-9-6-3/h49-50,54H,4-48H2,1-3H3,(H,57,58)/t49?,50-/m0/s1. The van der Waals surface area contributed by atoms with E-state index in [1.165, 1.54) is 224 Å². The van der Waals surface area contributed by atoms with Crippen molar-refractivity contribution in [1.82, 2.24) is 5.48 Å². The zero-order valence-electron chi connectivity index (χ0n) is 40.9. The van der Waals surface area contributed by atoms with Crippen molar-refractivity contribution in [2.24, 2.45) is 0 Å². The molecule has 0 radical (unpaired) electrons. The number of carbonyl (C=O) groups is 3. The third-order valence-corrected chi connectivity index (χ3v) is 13.5. The van der Waals surface area contributed by atoms with Gasteiger partial charge in [-0.05, 0) is 25.7 Å². The summed E-state index contributed by atoms with van der Waals surface area (Å²) in [5, 5.41) is 9.84. The molecule has 2 N–H and O–H groups in total. The number of hydrogen-bond donors (Lipinski definition) is 2. The summed E-state index contributed by atoms with van der Waals surface area (Å²) in [6, 6.07) is -1.01. The smallest absolute Gasteiger partial charge is 0.324 e. The number of rotatable bonds is 51. The highest BCUT2D eigenvalue weighted by Gasteiger charge is 2.22. The van der Waals surface area contributed by atoms with Gasteiger partial charge in [0.15, 0.2) is 0 Å². The van der Waals surface area contributed by atoms with Crippen molar-refractivity contribution in [2.75, 3.05) is 11.5 Å². The van der Waals surface area contributed by atoms with E-state index >= 15 is 0 Å². The Labute approximate surface area is 383 Å². The van der Waals surface area contributed by atoms with Crippen molar-refractivity contribution in [1.29, 1.82) is 0 Å². The molecule has 0 aromatic heterocycles. The molecule has 0 aliphatic heterocycles. The third kappa shape index (κ3) is 46.5. The number of carbonyl (C=O) groups excluding carboxylic acids is 2. The summed E-state index contributed by atoms with van der Waals surface area (Å²) in [5.41, 5.74) is 2.52. The average molecular weight is 882 g/mol. The van der Waals surface area contributed by atoms with E-state index in [1.54, 1.807) is 0 Å². The van der Waals surface area contributed by atoms with E-state index in [1.807, 2.05) is 0 Å². The SMILES string of the molecule is CCCCCCCCCCCCCCCCC(CSC[C@H](NOC(=O)CCCCCCCCCCCCCCC)C(=O)O)OC(=O)CCCCCCCCCCCCCCC. The highest BCUT2D eigenvalue weighted by atomic mass is 32.2. The monoisotopic (exact) mass is 882 g/mol. The molecule has 362 valence electrons. The lowest BCUT2D eigenvalue weighted by molar-refractivity contribution is -0.157. The Bertz CT molecular complexity index is 934. The van der Waals surface area contributed by atoms with Gasteiger partial charge in [0.05, 0.1) is 0 Å². The van der Waals surface area contributed by atoms with Crippen LogP contribution in [-0.2, 0) is 24.0 Å². The number of nitrogens with one attached hydrogen (secondary N) is 1. The molecule has 0 aromatic carbocycles. The minimum absolute atomic E-state index is 0.131. The third-order valence-electron chi connectivity index (χ3n) is 12.3. The van der Waals surface area contributed by atoms with Gasteiger partial charge < -0.3 is 14.7 Å². The van der Waals surface area contributed by atoms with Crippen molar-refractivity contribution in [3.05, 3.63) is 0 Å². The van der Waals surface area contributed by atoms with Gasteiger partial charge in [0, 0.05) is 24.3 Å². The van der Waals surface area contributed by atoms with Crippen LogP contribution >= 0.6 is 11.8 Å². The molecule has 0 aromatic rings. The maximum atomic E-state index is 12.9. The number of unbranched alkanes of at least 4 members (excludes halogenated alkanes) is 37. The Kier molecular flexibility index (Phi) is 48.7. The van der Waals surface area contributed by atoms with E-state index in [0.717, 1.165) is 51.4 Å². The number of aliphatic carboxylic acids is 1. The van der Waals surface area contributed by atoms with Crippen LogP contribution in [0, 0.1) is 0 Å². The van der Waals surface area contributed by atoms with Crippen LogP contribution in [0.3, 0.4) is 0 Å². The predicted octanol–water partition coefficient (Wildman–Crippen LogP) is 17.0. The van der Waals surface area contributed by atoms with E-state index in [-0.39, 0.29) is 17.8 Å². The second-order valence-electron chi connectivity index (χ2n) is 18.5. The molecule has 0 saturated carbocycles. The van der Waals surface area contributed by atoms with Gasteiger partial charge in [0.1, 0.15) is 12.1 Å². The quantitative estimate of drug-likeness (QED) is 0.0354. The Morgan fingerprint density at radius 2 is 0.705 bits per heavy atom. The number of hydrogen-bond acceptors (Lipinski definition) is 7. The van der Waals surface area contributed by atoms with Crippen LogP contribution in [0.25, 0.3) is 0 Å². The molecule has 0 spiro atoms. The average Bonchev–Trinajstić information content (AvgIpc) is 3.25. The summed E-state index contributed by atoms with van der Waals surface area (Å²) < 4.78 is 6.01. The van der Waals surface area contributed by atoms with Gasteiger partial charge in [-0.25, -0.2) is 0 Å². The van der Waals surface area contributed by atoms with Gasteiger partial charge in [-0.2, -0.15) is 11.8 Å². The number of carboxylic acid groups (broad SMARTS) is 1. The number of thioether (sulfide) groups is 1. The van der Waals surface area contributed by atoms with Crippen LogP contribution in [0.5, 0.6) is 0 Å². The zero-order valence-corrected chi connectivity index (χ0v) is 41.7. The molecule has 0 heterocycles. The second kappa shape index (κ2) is 49.7. The van der Waals surface area contributed by atoms with Crippen LogP contribution in [0.15, 0.2) is 0 Å². The predicted molar refractivity (Wildman–Crippen MR) is 263 cm³/mol. The van der Waals surface area contributed by atoms with Crippen LogP contribution < -0.4 is 5.48 Å². The minimum Gasteiger partial charge on any atom is -0.480 e. The fourth-order valence-corrected chi connectivity index (χ4v) is 9.30. The molecule has 2 atom stereocenters. The first-order chi connectivity index (χ1) is 29.9. The Balaban J connectivity index is 4.45. The van der Waals surface area contributed by atoms with Crippen molar-refractivity contribution in [3.8, 4) is 0 Å². The van der Waals surface area contributed by atoms with Crippen molar-refractivity contribution < 1.29 is 29.1 Å². The molecule has 0 amide bonds. The van der Waals surface area contributed by atoms with E-state index in [9.17, 15) is 19.5 Å². The highest BCUT2D eigenvalue weighted by Crippen LogP contribution is 2.19. The molecule has 0 fully saturated rings. The molecule has 7 nitrogen and oxygen atoms in total. The lowest BCUT2D eigenvalue weighted by Crippen LogP contribution is -2.40. The Morgan fingerprint density at radius 3 is 1.03 bits per heavy atom. The van der Waals surface area contributed by atoms with Crippen LogP contribution in [0.4, 0.5) is 0 Å². The van der Waals surface area contributed by atoms with Crippen molar-refractivity contribution >= 4 is 29.7 Å². The fourth-order valence-electron chi connectivity index (χ4n) is 8.22. The molecule has 0 rings (SSSR count).